The van der Waals surface area contributed by atoms with Gasteiger partial charge in [-0.25, -0.2) is 9.79 Å². The third kappa shape index (κ3) is 5.48. The molecular weight excluding hydrogens is 378 g/mol. The molecule has 2 aromatic carbocycles. The Morgan fingerprint density at radius 3 is 2.57 bits per heavy atom. The standard InChI is InChI=1S/C24H25N3O3/c1-3-4-16-29-21-12-8-19(9-13-21)23-26-22(24(28)30-23)17-18-6-10-20(11-7-18)27(2)15-5-14-25/h6-13,17H,3-5,15-16H2,1-2H3/b22-17-. The number of aliphatic imine (C=N–C) groups is 1. The number of hydrogen-bond acceptors (Lipinski definition) is 6. The van der Waals surface area contributed by atoms with E-state index in [-0.39, 0.29) is 5.70 Å². The number of carbonyl (C=O) groups is 1. The maximum atomic E-state index is 12.2. The van der Waals surface area contributed by atoms with E-state index in [4.69, 9.17) is 14.7 Å². The van der Waals surface area contributed by atoms with E-state index < -0.39 is 5.97 Å². The van der Waals surface area contributed by atoms with Crippen LogP contribution in [0.4, 0.5) is 5.69 Å². The number of anilines is 1. The number of nitrogens with zero attached hydrogens (tertiary/aromatic N) is 3. The predicted octanol–water partition coefficient (Wildman–Crippen LogP) is 4.56. The van der Waals surface area contributed by atoms with Crippen LogP contribution in [0.25, 0.3) is 6.08 Å². The van der Waals surface area contributed by atoms with Gasteiger partial charge in [0.05, 0.1) is 19.1 Å². The van der Waals surface area contributed by atoms with Crippen LogP contribution in [0.3, 0.4) is 0 Å². The molecule has 1 heterocycles. The third-order valence-corrected chi connectivity index (χ3v) is 4.68. The van der Waals surface area contributed by atoms with Crippen LogP contribution >= 0.6 is 0 Å². The molecule has 154 valence electrons. The van der Waals surface area contributed by atoms with Crippen LogP contribution in [0, 0.1) is 11.3 Å². The maximum Gasteiger partial charge on any atom is 0.363 e. The van der Waals surface area contributed by atoms with Crippen molar-refractivity contribution in [1.29, 1.82) is 5.26 Å². The normalized spacial score (nSPS) is 14.2. The van der Waals surface area contributed by atoms with E-state index in [1.165, 1.54) is 0 Å². The minimum absolute atomic E-state index is 0.263. The summed E-state index contributed by atoms with van der Waals surface area (Å²) in [6, 6.07) is 17.2. The minimum atomic E-state index is -0.469. The number of esters is 1. The van der Waals surface area contributed by atoms with E-state index >= 15 is 0 Å². The molecule has 1 aliphatic rings. The number of hydrogen-bond donors (Lipinski definition) is 0. The Kier molecular flexibility index (Phi) is 7.23. The zero-order valence-corrected chi connectivity index (χ0v) is 17.3. The molecular formula is C24H25N3O3. The number of unbranched alkanes of at least 4 members (excludes halogenated alkanes) is 1. The molecule has 1 aliphatic heterocycles. The van der Waals surface area contributed by atoms with E-state index in [1.54, 1.807) is 6.08 Å². The molecule has 30 heavy (non-hydrogen) atoms. The van der Waals surface area contributed by atoms with Gasteiger partial charge in [0.2, 0.25) is 5.90 Å². The van der Waals surface area contributed by atoms with Crippen LogP contribution in [0.1, 0.15) is 37.3 Å². The molecule has 0 spiro atoms. The van der Waals surface area contributed by atoms with Crippen LogP contribution in [0.15, 0.2) is 59.2 Å². The molecule has 0 radical (unpaired) electrons. The summed E-state index contributed by atoms with van der Waals surface area (Å²) in [5.74, 6) is 0.607. The first-order valence-corrected chi connectivity index (χ1v) is 10.0. The lowest BCUT2D eigenvalue weighted by molar-refractivity contribution is -0.129. The van der Waals surface area contributed by atoms with Crippen molar-refractivity contribution in [2.75, 3.05) is 25.1 Å². The zero-order valence-electron chi connectivity index (χ0n) is 17.3. The summed E-state index contributed by atoms with van der Waals surface area (Å²) in [5.41, 5.74) is 2.85. The highest BCUT2D eigenvalue weighted by Crippen LogP contribution is 2.22. The molecule has 0 aliphatic carbocycles. The Hall–Kier alpha value is -3.59. The van der Waals surface area contributed by atoms with Crippen molar-refractivity contribution in [3.05, 3.63) is 65.4 Å². The highest BCUT2D eigenvalue weighted by Gasteiger charge is 2.24. The highest BCUT2D eigenvalue weighted by molar-refractivity contribution is 6.12. The SMILES string of the molecule is CCCCOc1ccc(C2=N/C(=C\c3ccc(N(C)CCC#N)cc3)C(=O)O2)cc1. The average molecular weight is 403 g/mol. The molecule has 2 aromatic rings. The van der Waals surface area contributed by atoms with Gasteiger partial charge < -0.3 is 14.4 Å². The number of ether oxygens (including phenoxy) is 2. The first-order valence-electron chi connectivity index (χ1n) is 10.0. The first kappa shape index (κ1) is 21.1. The van der Waals surface area contributed by atoms with Crippen LogP contribution in [-0.4, -0.2) is 32.1 Å². The van der Waals surface area contributed by atoms with E-state index in [1.807, 2.05) is 60.5 Å². The predicted molar refractivity (Wildman–Crippen MR) is 117 cm³/mol. The summed E-state index contributed by atoms with van der Waals surface area (Å²) < 4.78 is 11.0. The molecule has 0 aromatic heterocycles. The lowest BCUT2D eigenvalue weighted by atomic mass is 10.1. The minimum Gasteiger partial charge on any atom is -0.494 e. The molecule has 0 fully saturated rings. The van der Waals surface area contributed by atoms with Crippen LogP contribution in [0.5, 0.6) is 5.75 Å². The number of cyclic esters (lactones) is 1. The first-order chi connectivity index (χ1) is 14.6. The van der Waals surface area contributed by atoms with Gasteiger partial charge in [0, 0.05) is 24.8 Å². The molecule has 0 N–H and O–H groups in total. The van der Waals surface area contributed by atoms with Crippen LogP contribution < -0.4 is 9.64 Å². The van der Waals surface area contributed by atoms with Crippen molar-refractivity contribution in [3.8, 4) is 11.8 Å². The fraction of sp³-hybridized carbons (Fsp3) is 0.292. The second-order valence-electron chi connectivity index (χ2n) is 6.98. The number of carbonyl (C=O) groups excluding carboxylic acids is 1. The quantitative estimate of drug-likeness (QED) is 0.349. The van der Waals surface area contributed by atoms with Crippen molar-refractivity contribution in [2.24, 2.45) is 4.99 Å². The molecule has 0 atom stereocenters. The molecule has 0 unspecified atom stereocenters. The third-order valence-electron chi connectivity index (χ3n) is 4.68. The van der Waals surface area contributed by atoms with Crippen molar-refractivity contribution < 1.29 is 14.3 Å². The lowest BCUT2D eigenvalue weighted by Crippen LogP contribution is -2.17. The second kappa shape index (κ2) is 10.3. The van der Waals surface area contributed by atoms with E-state index in [2.05, 4.69) is 18.0 Å². The Bertz CT molecular complexity index is 970. The van der Waals surface area contributed by atoms with Crippen molar-refractivity contribution in [3.63, 3.8) is 0 Å². The monoisotopic (exact) mass is 403 g/mol. The van der Waals surface area contributed by atoms with E-state index in [0.717, 1.165) is 35.4 Å². The number of benzene rings is 2. The lowest BCUT2D eigenvalue weighted by Gasteiger charge is -2.17. The smallest absolute Gasteiger partial charge is 0.363 e. The molecule has 3 rings (SSSR count). The zero-order chi connectivity index (χ0) is 21.3. The molecule has 0 amide bonds. The fourth-order valence-electron chi connectivity index (χ4n) is 2.89. The summed E-state index contributed by atoms with van der Waals surface area (Å²) in [6.45, 7) is 3.47. The highest BCUT2D eigenvalue weighted by atomic mass is 16.6. The van der Waals surface area contributed by atoms with Gasteiger partial charge in [-0.2, -0.15) is 5.26 Å². The Morgan fingerprint density at radius 2 is 1.90 bits per heavy atom. The van der Waals surface area contributed by atoms with Gasteiger partial charge in [-0.05, 0) is 54.5 Å². The molecule has 6 nitrogen and oxygen atoms in total. The van der Waals surface area contributed by atoms with E-state index in [0.29, 0.717) is 25.5 Å². The van der Waals surface area contributed by atoms with Gasteiger partial charge in [0.1, 0.15) is 5.75 Å². The van der Waals surface area contributed by atoms with Crippen LogP contribution in [-0.2, 0) is 9.53 Å². The van der Waals surface area contributed by atoms with Gasteiger partial charge in [-0.1, -0.05) is 25.5 Å². The van der Waals surface area contributed by atoms with Crippen molar-refractivity contribution in [1.82, 2.24) is 0 Å². The summed E-state index contributed by atoms with van der Waals surface area (Å²) in [7, 11) is 1.94. The second-order valence-corrected chi connectivity index (χ2v) is 6.98. The number of rotatable bonds is 9. The van der Waals surface area contributed by atoms with Crippen molar-refractivity contribution >= 4 is 23.6 Å². The van der Waals surface area contributed by atoms with Gasteiger partial charge in [0.25, 0.3) is 0 Å². The fourth-order valence-corrected chi connectivity index (χ4v) is 2.89. The Morgan fingerprint density at radius 1 is 1.17 bits per heavy atom. The molecule has 0 saturated carbocycles. The van der Waals surface area contributed by atoms with Gasteiger partial charge in [-0.3, -0.25) is 0 Å². The Labute approximate surface area is 177 Å². The summed E-state index contributed by atoms with van der Waals surface area (Å²) in [6.07, 6.45) is 4.27. The maximum absolute atomic E-state index is 12.2. The number of nitriles is 1. The summed E-state index contributed by atoms with van der Waals surface area (Å²) in [5, 5.41) is 8.70. The Balaban J connectivity index is 1.69. The van der Waals surface area contributed by atoms with Gasteiger partial charge >= 0.3 is 5.97 Å². The van der Waals surface area contributed by atoms with Crippen LogP contribution in [0.2, 0.25) is 0 Å². The summed E-state index contributed by atoms with van der Waals surface area (Å²) >= 11 is 0. The topological polar surface area (TPSA) is 74.9 Å². The molecule has 0 bridgehead atoms. The molecule has 0 saturated heterocycles. The van der Waals surface area contributed by atoms with Crippen molar-refractivity contribution in [2.45, 2.75) is 26.2 Å². The summed E-state index contributed by atoms with van der Waals surface area (Å²) in [4.78, 5) is 18.6. The average Bonchev–Trinajstić information content (AvgIpc) is 3.13. The van der Waals surface area contributed by atoms with E-state index in [9.17, 15) is 4.79 Å². The largest absolute Gasteiger partial charge is 0.494 e. The van der Waals surface area contributed by atoms with Gasteiger partial charge in [0.15, 0.2) is 5.70 Å². The van der Waals surface area contributed by atoms with Gasteiger partial charge in [-0.15, -0.1) is 0 Å². The molecule has 6 heteroatoms.